The van der Waals surface area contributed by atoms with Crippen LogP contribution in [0.15, 0.2) is 24.4 Å². The number of nitrogens with zero attached hydrogens (tertiary/aromatic N) is 1. The van der Waals surface area contributed by atoms with Crippen molar-refractivity contribution >= 4 is 27.8 Å². The zero-order valence-electron chi connectivity index (χ0n) is 15.2. The van der Waals surface area contributed by atoms with Crippen molar-refractivity contribution < 1.29 is 14.3 Å². The minimum Gasteiger partial charge on any atom is -0.458 e. The van der Waals surface area contributed by atoms with Gasteiger partial charge in [0.25, 0.3) is 0 Å². The van der Waals surface area contributed by atoms with Gasteiger partial charge < -0.3 is 14.5 Å². The Bertz CT molecular complexity index is 912. The average molecular weight is 340 g/mol. The maximum absolute atomic E-state index is 12.4. The van der Waals surface area contributed by atoms with Crippen molar-refractivity contribution in [1.82, 2.24) is 9.97 Å². The van der Waals surface area contributed by atoms with Crippen LogP contribution in [-0.2, 0) is 15.9 Å². The Morgan fingerprint density at radius 1 is 1.24 bits per heavy atom. The lowest BCUT2D eigenvalue weighted by molar-refractivity contribution is 0.0370. The van der Waals surface area contributed by atoms with Gasteiger partial charge in [0.05, 0.1) is 24.4 Å². The van der Waals surface area contributed by atoms with Gasteiger partial charge in [0.2, 0.25) is 0 Å². The lowest BCUT2D eigenvalue weighted by Gasteiger charge is -2.10. The number of ether oxygens (including phenoxy) is 2. The Morgan fingerprint density at radius 3 is 2.76 bits per heavy atom. The average Bonchev–Trinajstić information content (AvgIpc) is 2.94. The monoisotopic (exact) mass is 340 g/mol. The molecule has 0 spiro atoms. The van der Waals surface area contributed by atoms with E-state index in [0.29, 0.717) is 18.9 Å². The summed E-state index contributed by atoms with van der Waals surface area (Å²) in [5.74, 6) is -0.379. The summed E-state index contributed by atoms with van der Waals surface area (Å²) in [7, 11) is 0. The van der Waals surface area contributed by atoms with E-state index in [0.717, 1.165) is 33.8 Å². The molecular formula is C20H24N2O3. The summed E-state index contributed by atoms with van der Waals surface area (Å²) in [5.41, 5.74) is 4.40. The number of hydrogen-bond donors (Lipinski definition) is 1. The van der Waals surface area contributed by atoms with Crippen molar-refractivity contribution in [3.05, 3.63) is 41.2 Å². The molecule has 5 nitrogen and oxygen atoms in total. The van der Waals surface area contributed by atoms with Gasteiger partial charge in [-0.3, -0.25) is 0 Å². The number of carbonyl (C=O) groups is 1. The molecule has 0 saturated heterocycles. The second kappa shape index (κ2) is 7.23. The van der Waals surface area contributed by atoms with Crippen molar-refractivity contribution in [1.29, 1.82) is 0 Å². The summed E-state index contributed by atoms with van der Waals surface area (Å²) in [6.45, 7) is 8.98. The summed E-state index contributed by atoms with van der Waals surface area (Å²) in [4.78, 5) is 20.1. The SMILES string of the molecule is CCOCCc1cccc2[nH]c3cnc(C(=O)OC(C)C)c(C)c3c12. The predicted molar refractivity (Wildman–Crippen MR) is 99.1 cm³/mol. The first-order valence-corrected chi connectivity index (χ1v) is 8.70. The highest BCUT2D eigenvalue weighted by atomic mass is 16.5. The number of rotatable bonds is 6. The van der Waals surface area contributed by atoms with Gasteiger partial charge in [0.1, 0.15) is 0 Å². The number of H-pyrrole nitrogens is 1. The number of fused-ring (bicyclic) bond motifs is 3. The largest absolute Gasteiger partial charge is 0.458 e. The fourth-order valence-electron chi connectivity index (χ4n) is 3.18. The molecule has 3 rings (SSSR count). The van der Waals surface area contributed by atoms with E-state index in [1.165, 1.54) is 5.56 Å². The summed E-state index contributed by atoms with van der Waals surface area (Å²) in [6, 6.07) is 6.20. The minimum absolute atomic E-state index is 0.172. The van der Waals surface area contributed by atoms with Crippen LogP contribution in [0.5, 0.6) is 0 Å². The van der Waals surface area contributed by atoms with Crippen LogP contribution >= 0.6 is 0 Å². The molecule has 0 radical (unpaired) electrons. The molecule has 0 aliphatic heterocycles. The highest BCUT2D eigenvalue weighted by Crippen LogP contribution is 2.32. The summed E-state index contributed by atoms with van der Waals surface area (Å²) < 4.78 is 10.8. The van der Waals surface area contributed by atoms with Gasteiger partial charge in [-0.1, -0.05) is 12.1 Å². The smallest absolute Gasteiger partial charge is 0.357 e. The molecular weight excluding hydrogens is 316 g/mol. The molecule has 0 aliphatic carbocycles. The van der Waals surface area contributed by atoms with E-state index in [9.17, 15) is 4.79 Å². The summed E-state index contributed by atoms with van der Waals surface area (Å²) in [6.07, 6.45) is 2.37. The van der Waals surface area contributed by atoms with Crippen molar-refractivity contribution in [3.63, 3.8) is 0 Å². The minimum atomic E-state index is -0.379. The van der Waals surface area contributed by atoms with Gasteiger partial charge in [0, 0.05) is 22.9 Å². The van der Waals surface area contributed by atoms with Crippen LogP contribution in [0.3, 0.4) is 0 Å². The molecule has 1 N–H and O–H groups in total. The Hall–Kier alpha value is -2.40. The number of nitrogens with one attached hydrogen (secondary N) is 1. The van der Waals surface area contributed by atoms with Crippen LogP contribution in [0.1, 0.15) is 42.4 Å². The molecule has 0 saturated carbocycles. The molecule has 5 heteroatoms. The third kappa shape index (κ3) is 3.37. The molecule has 0 bridgehead atoms. The number of esters is 1. The molecule has 132 valence electrons. The zero-order valence-corrected chi connectivity index (χ0v) is 15.2. The first kappa shape index (κ1) is 17.4. The quantitative estimate of drug-likeness (QED) is 0.540. The molecule has 1 aromatic carbocycles. The van der Waals surface area contributed by atoms with Crippen LogP contribution in [-0.4, -0.2) is 35.3 Å². The van der Waals surface area contributed by atoms with Crippen molar-refractivity contribution in [2.75, 3.05) is 13.2 Å². The Morgan fingerprint density at radius 2 is 2.04 bits per heavy atom. The number of pyridine rings is 1. The van der Waals surface area contributed by atoms with Crippen LogP contribution in [0, 0.1) is 6.92 Å². The Labute approximate surface area is 147 Å². The molecule has 0 atom stereocenters. The predicted octanol–water partition coefficient (Wildman–Crippen LogP) is 4.17. The number of aromatic amines is 1. The third-order valence-corrected chi connectivity index (χ3v) is 4.25. The number of carbonyl (C=O) groups excluding carboxylic acids is 1. The van der Waals surface area contributed by atoms with E-state index < -0.39 is 0 Å². The third-order valence-electron chi connectivity index (χ3n) is 4.25. The van der Waals surface area contributed by atoms with Crippen molar-refractivity contribution in [2.45, 2.75) is 40.2 Å². The molecule has 25 heavy (non-hydrogen) atoms. The van der Waals surface area contributed by atoms with Gasteiger partial charge >= 0.3 is 5.97 Å². The van der Waals surface area contributed by atoms with Crippen molar-refractivity contribution in [3.8, 4) is 0 Å². The Kier molecular flexibility index (Phi) is 5.04. The van der Waals surface area contributed by atoms with Crippen LogP contribution in [0.25, 0.3) is 21.8 Å². The standard InChI is InChI=1S/C20H24N2O3/c1-5-24-10-9-14-7-6-8-15-18(14)17-13(4)19(20(23)25-12(2)3)21-11-16(17)22-15/h6-8,11-12,22H,5,9-10H2,1-4H3. The maximum atomic E-state index is 12.4. The first-order valence-electron chi connectivity index (χ1n) is 8.70. The summed E-state index contributed by atoms with van der Waals surface area (Å²) in [5, 5.41) is 2.17. The zero-order chi connectivity index (χ0) is 18.0. The lowest BCUT2D eigenvalue weighted by Crippen LogP contribution is -2.14. The molecule has 0 amide bonds. The van der Waals surface area contributed by atoms with E-state index in [4.69, 9.17) is 9.47 Å². The van der Waals surface area contributed by atoms with Crippen molar-refractivity contribution in [2.24, 2.45) is 0 Å². The first-order chi connectivity index (χ1) is 12.0. The van der Waals surface area contributed by atoms with E-state index in [-0.39, 0.29) is 12.1 Å². The van der Waals surface area contributed by atoms with Crippen LogP contribution in [0.2, 0.25) is 0 Å². The molecule has 0 unspecified atom stereocenters. The van der Waals surface area contributed by atoms with Crippen LogP contribution < -0.4 is 0 Å². The van der Waals surface area contributed by atoms with E-state index in [2.05, 4.69) is 16.0 Å². The van der Waals surface area contributed by atoms with E-state index >= 15 is 0 Å². The normalized spacial score (nSPS) is 11.6. The van der Waals surface area contributed by atoms with Crippen LogP contribution in [0.4, 0.5) is 0 Å². The fourth-order valence-corrected chi connectivity index (χ4v) is 3.18. The second-order valence-corrected chi connectivity index (χ2v) is 6.39. The van der Waals surface area contributed by atoms with Gasteiger partial charge in [-0.15, -0.1) is 0 Å². The molecule has 0 aliphatic rings. The highest BCUT2D eigenvalue weighted by molar-refractivity contribution is 6.12. The molecule has 3 aromatic rings. The topological polar surface area (TPSA) is 64.2 Å². The fraction of sp³-hybridized carbons (Fsp3) is 0.400. The second-order valence-electron chi connectivity index (χ2n) is 6.39. The maximum Gasteiger partial charge on any atom is 0.357 e. The number of aryl methyl sites for hydroxylation is 1. The van der Waals surface area contributed by atoms with E-state index in [1.54, 1.807) is 6.20 Å². The van der Waals surface area contributed by atoms with Gasteiger partial charge in [-0.05, 0) is 51.3 Å². The molecule has 2 heterocycles. The van der Waals surface area contributed by atoms with Gasteiger partial charge in [-0.2, -0.15) is 0 Å². The van der Waals surface area contributed by atoms with Gasteiger partial charge in [-0.25, -0.2) is 9.78 Å². The number of benzene rings is 1. The number of aromatic nitrogens is 2. The number of hydrogen-bond acceptors (Lipinski definition) is 4. The molecule has 2 aromatic heterocycles. The lowest BCUT2D eigenvalue weighted by atomic mass is 10.0. The van der Waals surface area contributed by atoms with E-state index in [1.807, 2.05) is 39.8 Å². The summed E-state index contributed by atoms with van der Waals surface area (Å²) >= 11 is 0. The highest BCUT2D eigenvalue weighted by Gasteiger charge is 2.19. The molecule has 0 fully saturated rings. The Balaban J connectivity index is 2.15. The van der Waals surface area contributed by atoms with Gasteiger partial charge in [0.15, 0.2) is 5.69 Å².